The highest BCUT2D eigenvalue weighted by atomic mass is 32.1. The Morgan fingerprint density at radius 3 is 3.00 bits per heavy atom. The number of thiophene rings is 1. The quantitative estimate of drug-likeness (QED) is 0.822. The molecule has 2 heterocycles. The van der Waals surface area contributed by atoms with Gasteiger partial charge in [-0.05, 0) is 11.4 Å². The van der Waals surface area contributed by atoms with E-state index >= 15 is 0 Å². The molecule has 6 heteroatoms. The van der Waals surface area contributed by atoms with Crippen molar-refractivity contribution in [3.8, 4) is 10.4 Å². The number of carbonyl (C=O) groups is 2. The first-order chi connectivity index (χ1) is 7.65. The van der Waals surface area contributed by atoms with E-state index in [0.29, 0.717) is 22.4 Å². The molecule has 2 aromatic rings. The molecule has 0 radical (unpaired) electrons. The Bertz CT molecular complexity index is 556. The van der Waals surface area contributed by atoms with Gasteiger partial charge >= 0.3 is 5.97 Å². The molecule has 0 atom stereocenters. The van der Waals surface area contributed by atoms with E-state index in [4.69, 9.17) is 5.11 Å². The molecular formula is C10H8N2O3S. The van der Waals surface area contributed by atoms with Crippen molar-refractivity contribution in [3.05, 3.63) is 28.9 Å². The number of carbonyl (C=O) groups excluding carboxylic acids is 1. The second-order valence-corrected chi connectivity index (χ2v) is 4.07. The third-order valence-electron chi connectivity index (χ3n) is 2.24. The van der Waals surface area contributed by atoms with Crippen LogP contribution >= 0.6 is 11.3 Å². The molecule has 2 rings (SSSR count). The Hall–Kier alpha value is -1.95. The van der Waals surface area contributed by atoms with Crippen LogP contribution in [0.25, 0.3) is 10.4 Å². The first-order valence-electron chi connectivity index (χ1n) is 4.43. The van der Waals surface area contributed by atoms with Crippen LogP contribution in [0.3, 0.4) is 0 Å². The van der Waals surface area contributed by atoms with Crippen LogP contribution in [0.5, 0.6) is 0 Å². The number of hydrogen-bond donors (Lipinski definition) is 1. The van der Waals surface area contributed by atoms with Crippen LogP contribution in [0.2, 0.25) is 0 Å². The summed E-state index contributed by atoms with van der Waals surface area (Å²) >= 11 is 1.28. The molecule has 0 spiro atoms. The van der Waals surface area contributed by atoms with Gasteiger partial charge in [-0.1, -0.05) is 0 Å². The molecule has 0 fully saturated rings. The van der Waals surface area contributed by atoms with Crippen molar-refractivity contribution in [2.45, 2.75) is 0 Å². The van der Waals surface area contributed by atoms with Gasteiger partial charge in [0.2, 0.25) is 0 Å². The van der Waals surface area contributed by atoms with Crippen LogP contribution in [-0.4, -0.2) is 27.1 Å². The van der Waals surface area contributed by atoms with Crippen LogP contribution in [0.15, 0.2) is 17.6 Å². The number of rotatable bonds is 3. The average Bonchev–Trinajstić information content (AvgIpc) is 2.82. The number of aromatic nitrogens is 2. The van der Waals surface area contributed by atoms with Crippen LogP contribution in [0, 0.1) is 0 Å². The van der Waals surface area contributed by atoms with Crippen molar-refractivity contribution < 1.29 is 14.7 Å². The summed E-state index contributed by atoms with van der Waals surface area (Å²) in [6.07, 6.45) is 2.18. The minimum absolute atomic E-state index is 0.195. The number of aryl methyl sites for hydroxylation is 1. The lowest BCUT2D eigenvalue weighted by atomic mass is 10.1. The topological polar surface area (TPSA) is 72.2 Å². The average molecular weight is 236 g/mol. The third-order valence-corrected chi connectivity index (χ3v) is 3.18. The van der Waals surface area contributed by atoms with E-state index in [-0.39, 0.29) is 5.56 Å². The maximum absolute atomic E-state index is 11.0. The highest BCUT2D eigenvalue weighted by Crippen LogP contribution is 2.31. The molecular weight excluding hydrogens is 228 g/mol. The molecule has 0 aromatic carbocycles. The summed E-state index contributed by atoms with van der Waals surface area (Å²) < 4.78 is 1.42. The van der Waals surface area contributed by atoms with Gasteiger partial charge in [0.25, 0.3) is 0 Å². The zero-order chi connectivity index (χ0) is 11.7. The first kappa shape index (κ1) is 10.6. The maximum atomic E-state index is 11.0. The van der Waals surface area contributed by atoms with Gasteiger partial charge < -0.3 is 5.11 Å². The molecule has 0 saturated carbocycles. The van der Waals surface area contributed by atoms with E-state index in [9.17, 15) is 9.59 Å². The summed E-state index contributed by atoms with van der Waals surface area (Å²) in [6, 6.07) is 1.52. The van der Waals surface area contributed by atoms with Gasteiger partial charge in [0.15, 0.2) is 6.29 Å². The fourth-order valence-corrected chi connectivity index (χ4v) is 2.35. The van der Waals surface area contributed by atoms with Crippen molar-refractivity contribution in [2.24, 2.45) is 7.05 Å². The van der Waals surface area contributed by atoms with E-state index in [1.165, 1.54) is 28.3 Å². The predicted molar refractivity (Wildman–Crippen MR) is 58.9 cm³/mol. The van der Waals surface area contributed by atoms with Crippen LogP contribution < -0.4 is 0 Å². The zero-order valence-electron chi connectivity index (χ0n) is 8.38. The van der Waals surface area contributed by atoms with E-state index in [0.717, 1.165) is 0 Å². The molecule has 0 aliphatic heterocycles. The molecule has 0 aliphatic rings. The Balaban J connectivity index is 2.63. The lowest BCUT2D eigenvalue weighted by Crippen LogP contribution is -1.99. The molecule has 1 N–H and O–H groups in total. The van der Waals surface area contributed by atoms with Gasteiger partial charge in [-0.2, -0.15) is 5.10 Å². The number of aromatic carboxylic acids is 1. The van der Waals surface area contributed by atoms with Crippen LogP contribution in [0.4, 0.5) is 0 Å². The third kappa shape index (κ3) is 1.53. The van der Waals surface area contributed by atoms with Crippen LogP contribution in [0.1, 0.15) is 20.8 Å². The molecule has 0 aliphatic carbocycles. The molecule has 0 unspecified atom stereocenters. The summed E-state index contributed by atoms with van der Waals surface area (Å²) in [6.45, 7) is 0. The first-order valence-corrected chi connectivity index (χ1v) is 5.31. The highest BCUT2D eigenvalue weighted by molar-refractivity contribution is 7.14. The minimum Gasteiger partial charge on any atom is -0.478 e. The zero-order valence-corrected chi connectivity index (χ0v) is 9.19. The van der Waals surface area contributed by atoms with Gasteiger partial charge in [-0.15, -0.1) is 11.3 Å². The summed E-state index contributed by atoms with van der Waals surface area (Å²) in [5.41, 5.74) is 1.14. The van der Waals surface area contributed by atoms with Gasteiger partial charge in [-0.3, -0.25) is 9.48 Å². The van der Waals surface area contributed by atoms with Gasteiger partial charge in [0.1, 0.15) is 5.69 Å². The van der Waals surface area contributed by atoms with Crippen molar-refractivity contribution >= 4 is 23.6 Å². The smallest absolute Gasteiger partial charge is 0.337 e. The van der Waals surface area contributed by atoms with Gasteiger partial charge in [0, 0.05) is 12.6 Å². The van der Waals surface area contributed by atoms with Crippen molar-refractivity contribution in [3.63, 3.8) is 0 Å². The second-order valence-electron chi connectivity index (χ2n) is 3.15. The fraction of sp³-hybridized carbons (Fsp3) is 0.100. The van der Waals surface area contributed by atoms with E-state index < -0.39 is 5.97 Å². The lowest BCUT2D eigenvalue weighted by Gasteiger charge is -1.98. The van der Waals surface area contributed by atoms with E-state index in [1.54, 1.807) is 12.4 Å². The molecule has 0 saturated heterocycles. The molecule has 0 bridgehead atoms. The Kier molecular flexibility index (Phi) is 2.57. The lowest BCUT2D eigenvalue weighted by molar-refractivity contribution is 0.0698. The number of carboxylic acid groups (broad SMARTS) is 1. The normalized spacial score (nSPS) is 10.3. The molecule has 5 nitrogen and oxygen atoms in total. The number of carboxylic acids is 1. The molecule has 2 aromatic heterocycles. The molecule has 82 valence electrons. The summed E-state index contributed by atoms with van der Waals surface area (Å²) in [7, 11) is 1.64. The van der Waals surface area contributed by atoms with E-state index in [1.807, 2.05) is 0 Å². The standard InChI is InChI=1S/C10H8N2O3S/c1-12-8(5-13)7(4-11-12)9-6(10(14)15)2-3-16-9/h2-5H,1H3,(H,14,15). The van der Waals surface area contributed by atoms with Crippen molar-refractivity contribution in [1.82, 2.24) is 9.78 Å². The summed E-state index contributed by atoms with van der Waals surface area (Å²) in [5.74, 6) is -1.00. The number of hydrogen-bond acceptors (Lipinski definition) is 4. The van der Waals surface area contributed by atoms with E-state index in [2.05, 4.69) is 5.10 Å². The maximum Gasteiger partial charge on any atom is 0.337 e. The minimum atomic E-state index is -1.00. The van der Waals surface area contributed by atoms with Crippen molar-refractivity contribution in [2.75, 3.05) is 0 Å². The Labute approximate surface area is 94.9 Å². The Morgan fingerprint density at radius 1 is 1.62 bits per heavy atom. The summed E-state index contributed by atoms with van der Waals surface area (Å²) in [5, 5.41) is 14.6. The largest absolute Gasteiger partial charge is 0.478 e. The van der Waals surface area contributed by atoms with Gasteiger partial charge in [0.05, 0.1) is 16.6 Å². The molecule has 16 heavy (non-hydrogen) atoms. The molecule has 0 amide bonds. The van der Waals surface area contributed by atoms with Gasteiger partial charge in [-0.25, -0.2) is 4.79 Å². The van der Waals surface area contributed by atoms with Crippen LogP contribution in [-0.2, 0) is 7.05 Å². The number of aldehydes is 1. The highest BCUT2D eigenvalue weighted by Gasteiger charge is 2.18. The SMILES string of the molecule is Cn1ncc(-c2sccc2C(=O)O)c1C=O. The monoisotopic (exact) mass is 236 g/mol. The Morgan fingerprint density at radius 2 is 2.38 bits per heavy atom. The second kappa shape index (κ2) is 3.90. The summed E-state index contributed by atoms with van der Waals surface area (Å²) in [4.78, 5) is 22.4. The fourth-order valence-electron chi connectivity index (χ4n) is 1.45. The van der Waals surface area contributed by atoms with Crippen molar-refractivity contribution in [1.29, 1.82) is 0 Å². The predicted octanol–water partition coefficient (Wildman–Crippen LogP) is 1.66. The number of nitrogens with zero attached hydrogens (tertiary/aromatic N) is 2.